The zero-order chi connectivity index (χ0) is 9.97. The monoisotopic (exact) mass is 186 g/mol. The average molecular weight is 186 g/mol. The van der Waals surface area contributed by atoms with Crippen LogP contribution in [0.5, 0.6) is 0 Å². The summed E-state index contributed by atoms with van der Waals surface area (Å²) >= 11 is 0. The highest BCUT2D eigenvalue weighted by atomic mass is 16.1. The zero-order valence-electron chi connectivity index (χ0n) is 7.60. The summed E-state index contributed by atoms with van der Waals surface area (Å²) in [6.07, 6.45) is 1.63. The number of carbonyl (C=O) groups is 1. The Bertz CT molecular complexity index is 474. The maximum Gasteiger partial charge on any atom is 0.177 e. The number of pyridine rings is 1. The number of benzene rings is 1. The number of hydrogen-bond donors (Lipinski definition) is 1. The number of ketones is 1. The van der Waals surface area contributed by atoms with E-state index in [-0.39, 0.29) is 12.3 Å². The van der Waals surface area contributed by atoms with Crippen molar-refractivity contribution in [2.24, 2.45) is 5.73 Å². The molecule has 0 aliphatic carbocycles. The van der Waals surface area contributed by atoms with Crippen LogP contribution in [0.25, 0.3) is 10.9 Å². The lowest BCUT2D eigenvalue weighted by atomic mass is 10.1. The normalized spacial score (nSPS) is 10.4. The van der Waals surface area contributed by atoms with E-state index in [1.54, 1.807) is 12.3 Å². The molecule has 2 N–H and O–H groups in total. The fourth-order valence-electron chi connectivity index (χ4n) is 1.45. The number of aromatic nitrogens is 1. The van der Waals surface area contributed by atoms with Gasteiger partial charge >= 0.3 is 0 Å². The molecule has 1 heterocycles. The van der Waals surface area contributed by atoms with Gasteiger partial charge in [0.25, 0.3) is 0 Å². The third-order valence-electron chi connectivity index (χ3n) is 2.13. The number of nitrogens with zero attached hydrogens (tertiary/aromatic N) is 1. The minimum Gasteiger partial charge on any atom is -0.324 e. The average Bonchev–Trinajstić information content (AvgIpc) is 2.27. The van der Waals surface area contributed by atoms with Gasteiger partial charge in [0.2, 0.25) is 0 Å². The van der Waals surface area contributed by atoms with Gasteiger partial charge in [-0.15, -0.1) is 0 Å². The Balaban J connectivity index is 2.71. The Morgan fingerprint density at radius 1 is 1.29 bits per heavy atom. The van der Waals surface area contributed by atoms with Crippen LogP contribution in [0.1, 0.15) is 10.4 Å². The predicted molar refractivity (Wildman–Crippen MR) is 55.1 cm³/mol. The molecule has 0 radical (unpaired) electrons. The highest BCUT2D eigenvalue weighted by molar-refractivity contribution is 6.07. The summed E-state index contributed by atoms with van der Waals surface area (Å²) in [6.45, 7) is 0.0357. The molecular formula is C11H10N2O. The van der Waals surface area contributed by atoms with Crippen molar-refractivity contribution in [3.8, 4) is 0 Å². The second-order valence-corrected chi connectivity index (χ2v) is 3.00. The maximum atomic E-state index is 11.5. The number of rotatable bonds is 2. The molecule has 1 aromatic carbocycles. The van der Waals surface area contributed by atoms with Crippen molar-refractivity contribution in [2.75, 3.05) is 6.54 Å². The molecule has 14 heavy (non-hydrogen) atoms. The van der Waals surface area contributed by atoms with Crippen molar-refractivity contribution < 1.29 is 4.79 Å². The molecule has 0 fully saturated rings. The lowest BCUT2D eigenvalue weighted by Crippen LogP contribution is -2.13. The molecule has 3 nitrogen and oxygen atoms in total. The number of hydrogen-bond acceptors (Lipinski definition) is 3. The van der Waals surface area contributed by atoms with Crippen LogP contribution in [0, 0.1) is 0 Å². The summed E-state index contributed by atoms with van der Waals surface area (Å²) < 4.78 is 0. The first-order valence-electron chi connectivity index (χ1n) is 4.40. The lowest BCUT2D eigenvalue weighted by molar-refractivity contribution is 0.100. The van der Waals surface area contributed by atoms with E-state index in [0.29, 0.717) is 5.56 Å². The maximum absolute atomic E-state index is 11.5. The van der Waals surface area contributed by atoms with E-state index in [1.165, 1.54) is 0 Å². The molecule has 2 rings (SSSR count). The molecule has 0 atom stereocenters. The van der Waals surface area contributed by atoms with Gasteiger partial charge in [0.15, 0.2) is 5.78 Å². The minimum absolute atomic E-state index is 0.0357. The van der Waals surface area contributed by atoms with E-state index >= 15 is 0 Å². The van der Waals surface area contributed by atoms with Crippen LogP contribution in [-0.2, 0) is 0 Å². The topological polar surface area (TPSA) is 56.0 Å². The molecule has 0 aliphatic heterocycles. The smallest absolute Gasteiger partial charge is 0.177 e. The van der Waals surface area contributed by atoms with Crippen molar-refractivity contribution in [1.82, 2.24) is 4.98 Å². The van der Waals surface area contributed by atoms with Crippen LogP contribution in [0.2, 0.25) is 0 Å². The molecule has 0 amide bonds. The summed E-state index contributed by atoms with van der Waals surface area (Å²) in [6, 6.07) is 9.24. The van der Waals surface area contributed by atoms with Crippen molar-refractivity contribution in [3.05, 3.63) is 42.1 Å². The van der Waals surface area contributed by atoms with Crippen LogP contribution in [0.4, 0.5) is 0 Å². The Labute approximate surface area is 81.6 Å². The van der Waals surface area contributed by atoms with Gasteiger partial charge in [0, 0.05) is 17.1 Å². The number of fused-ring (bicyclic) bond motifs is 1. The summed E-state index contributed by atoms with van der Waals surface area (Å²) in [5, 5.41) is 0.866. The summed E-state index contributed by atoms with van der Waals surface area (Å²) in [5.41, 5.74) is 6.80. The number of Topliss-reactive ketones (excluding diaryl/α,β-unsaturated/α-hetero) is 1. The lowest BCUT2D eigenvalue weighted by Gasteiger charge is -2.02. The van der Waals surface area contributed by atoms with Gasteiger partial charge < -0.3 is 5.73 Å². The molecule has 1 aromatic heterocycles. The Morgan fingerprint density at radius 2 is 2.07 bits per heavy atom. The molecule has 0 saturated heterocycles. The van der Waals surface area contributed by atoms with Crippen molar-refractivity contribution in [2.45, 2.75) is 0 Å². The van der Waals surface area contributed by atoms with Gasteiger partial charge in [-0.2, -0.15) is 0 Å². The molecule has 0 aliphatic rings. The molecule has 2 aromatic rings. The van der Waals surface area contributed by atoms with Crippen LogP contribution in [-0.4, -0.2) is 17.3 Å². The third kappa shape index (κ3) is 1.38. The van der Waals surface area contributed by atoms with Crippen molar-refractivity contribution >= 4 is 16.7 Å². The first-order valence-corrected chi connectivity index (χ1v) is 4.40. The van der Waals surface area contributed by atoms with Gasteiger partial charge in [-0.1, -0.05) is 18.2 Å². The molecule has 70 valence electrons. The number of carbonyl (C=O) groups excluding carboxylic acids is 1. The van der Waals surface area contributed by atoms with Crippen LogP contribution in [0.15, 0.2) is 36.5 Å². The van der Waals surface area contributed by atoms with E-state index in [0.717, 1.165) is 10.9 Å². The fraction of sp³-hybridized carbons (Fsp3) is 0.0909. The third-order valence-corrected chi connectivity index (χ3v) is 2.13. The molecule has 0 unspecified atom stereocenters. The Hall–Kier alpha value is -1.74. The second-order valence-electron chi connectivity index (χ2n) is 3.00. The number of nitrogens with two attached hydrogens (primary N) is 1. The molecule has 3 heteroatoms. The SMILES string of the molecule is NCC(=O)c1ccnc2ccccc12. The van der Waals surface area contributed by atoms with E-state index in [4.69, 9.17) is 5.73 Å². The van der Waals surface area contributed by atoms with Gasteiger partial charge in [-0.05, 0) is 12.1 Å². The van der Waals surface area contributed by atoms with Gasteiger partial charge in [-0.3, -0.25) is 9.78 Å². The first-order chi connectivity index (χ1) is 6.83. The van der Waals surface area contributed by atoms with Crippen LogP contribution >= 0.6 is 0 Å². The summed E-state index contributed by atoms with van der Waals surface area (Å²) in [5.74, 6) is -0.0522. The van der Waals surface area contributed by atoms with Crippen LogP contribution in [0.3, 0.4) is 0 Å². The fourth-order valence-corrected chi connectivity index (χ4v) is 1.45. The molecule has 0 spiro atoms. The standard InChI is InChI=1S/C11H10N2O/c12-7-11(14)9-5-6-13-10-4-2-1-3-8(9)10/h1-6H,7,12H2. The van der Waals surface area contributed by atoms with Crippen LogP contribution < -0.4 is 5.73 Å². The highest BCUT2D eigenvalue weighted by Crippen LogP contribution is 2.15. The minimum atomic E-state index is -0.0522. The van der Waals surface area contributed by atoms with Gasteiger partial charge in [0.05, 0.1) is 12.1 Å². The largest absolute Gasteiger partial charge is 0.324 e. The molecule has 0 saturated carbocycles. The van der Waals surface area contributed by atoms with Crippen molar-refractivity contribution in [1.29, 1.82) is 0 Å². The molecular weight excluding hydrogens is 176 g/mol. The predicted octanol–water partition coefficient (Wildman–Crippen LogP) is 1.38. The van der Waals surface area contributed by atoms with E-state index in [1.807, 2.05) is 24.3 Å². The summed E-state index contributed by atoms with van der Waals surface area (Å²) in [4.78, 5) is 15.6. The zero-order valence-corrected chi connectivity index (χ0v) is 7.60. The van der Waals surface area contributed by atoms with E-state index in [9.17, 15) is 4.79 Å². The van der Waals surface area contributed by atoms with Gasteiger partial charge in [-0.25, -0.2) is 0 Å². The van der Waals surface area contributed by atoms with E-state index < -0.39 is 0 Å². The first kappa shape index (κ1) is 8.84. The Morgan fingerprint density at radius 3 is 2.86 bits per heavy atom. The number of para-hydroxylation sites is 1. The molecule has 0 bridgehead atoms. The van der Waals surface area contributed by atoms with Crippen molar-refractivity contribution in [3.63, 3.8) is 0 Å². The summed E-state index contributed by atoms with van der Waals surface area (Å²) in [7, 11) is 0. The second kappa shape index (κ2) is 3.55. The Kier molecular flexibility index (Phi) is 2.24. The van der Waals surface area contributed by atoms with E-state index in [2.05, 4.69) is 4.98 Å². The highest BCUT2D eigenvalue weighted by Gasteiger charge is 2.07. The quantitative estimate of drug-likeness (QED) is 0.721. The van der Waals surface area contributed by atoms with Gasteiger partial charge in [0.1, 0.15) is 0 Å².